The standard InChI is InChI=1S/C33H36FN5O3/c1-33(2)20-39(28(41)13-8-18-38(3)4)27(33)15-14-21-19-35-17-16-22(21)30-31(29-24(36-30)10-7-12-26(29)40)37-25-11-6-9-23(34)32(25)42-5/h6,8-9,11,13,16-17,19,27,36-37H,7,10,12,18,20H2,1-5H3/b13-8+/t27-/m0/s1. The molecule has 8 nitrogen and oxygen atoms in total. The Hall–Kier alpha value is -4.42. The van der Waals surface area contributed by atoms with Crippen molar-refractivity contribution in [3.05, 3.63) is 71.4 Å². The number of aryl methyl sites for hydroxylation is 1. The first-order chi connectivity index (χ1) is 20.1. The number of ether oxygens (including phenoxy) is 1. The van der Waals surface area contributed by atoms with Crippen LogP contribution in [0.5, 0.6) is 5.75 Å². The van der Waals surface area contributed by atoms with Gasteiger partial charge in [-0.2, -0.15) is 0 Å². The van der Waals surface area contributed by atoms with E-state index in [0.717, 1.165) is 24.1 Å². The quantitative estimate of drug-likeness (QED) is 0.301. The van der Waals surface area contributed by atoms with E-state index in [1.54, 1.807) is 35.5 Å². The molecule has 1 amide bonds. The summed E-state index contributed by atoms with van der Waals surface area (Å²) in [7, 11) is 5.31. The Morgan fingerprint density at radius 2 is 2.12 bits per heavy atom. The van der Waals surface area contributed by atoms with E-state index in [1.807, 2.05) is 31.1 Å². The third-order valence-electron chi connectivity index (χ3n) is 7.70. The number of Topliss-reactive ketones (excluding diaryl/α,β-unsaturated/α-hetero) is 1. The molecule has 0 radical (unpaired) electrons. The van der Waals surface area contributed by atoms with Gasteiger partial charge in [-0.1, -0.05) is 37.8 Å². The van der Waals surface area contributed by atoms with Crippen LogP contribution in [0.4, 0.5) is 15.8 Å². The van der Waals surface area contributed by atoms with Gasteiger partial charge in [0.05, 0.1) is 35.3 Å². The topological polar surface area (TPSA) is 90.6 Å². The predicted octanol–water partition coefficient (Wildman–Crippen LogP) is 5.19. The Morgan fingerprint density at radius 1 is 1.31 bits per heavy atom. The van der Waals surface area contributed by atoms with Crippen LogP contribution in [0.25, 0.3) is 11.3 Å². The molecule has 2 N–H and O–H groups in total. The maximum absolute atomic E-state index is 14.6. The lowest BCUT2D eigenvalue weighted by Crippen LogP contribution is -2.62. The van der Waals surface area contributed by atoms with E-state index in [9.17, 15) is 14.0 Å². The Labute approximate surface area is 246 Å². The Bertz CT molecular complexity index is 1610. The number of para-hydroxylation sites is 1. The number of nitrogens with zero attached hydrogens (tertiary/aromatic N) is 3. The van der Waals surface area contributed by atoms with E-state index < -0.39 is 5.82 Å². The van der Waals surface area contributed by atoms with Crippen LogP contribution in [0.1, 0.15) is 48.3 Å². The minimum Gasteiger partial charge on any atom is -0.492 e. The van der Waals surface area contributed by atoms with Gasteiger partial charge in [0.25, 0.3) is 0 Å². The molecule has 3 heterocycles. The van der Waals surface area contributed by atoms with Crippen LogP contribution in [-0.4, -0.2) is 71.8 Å². The summed E-state index contributed by atoms with van der Waals surface area (Å²) in [4.78, 5) is 37.6. The smallest absolute Gasteiger partial charge is 0.247 e. The molecule has 3 aromatic rings. The number of benzene rings is 1. The molecule has 2 aliphatic rings. The largest absolute Gasteiger partial charge is 0.492 e. The summed E-state index contributed by atoms with van der Waals surface area (Å²) in [5.41, 5.74) is 4.26. The van der Waals surface area contributed by atoms with Gasteiger partial charge in [0.1, 0.15) is 6.04 Å². The summed E-state index contributed by atoms with van der Waals surface area (Å²) in [5.74, 6) is 6.13. The van der Waals surface area contributed by atoms with Crippen LogP contribution >= 0.6 is 0 Å². The fraction of sp³-hybridized carbons (Fsp3) is 0.364. The third kappa shape index (κ3) is 5.68. The maximum atomic E-state index is 14.6. The van der Waals surface area contributed by atoms with E-state index in [-0.39, 0.29) is 28.9 Å². The number of rotatable bonds is 7. The lowest BCUT2D eigenvalue weighted by atomic mass is 9.75. The van der Waals surface area contributed by atoms with Gasteiger partial charge in [-0.25, -0.2) is 4.39 Å². The second kappa shape index (κ2) is 11.8. The molecule has 218 valence electrons. The number of halogens is 1. The highest BCUT2D eigenvalue weighted by molar-refractivity contribution is 6.07. The van der Waals surface area contributed by atoms with Crippen molar-refractivity contribution >= 4 is 23.1 Å². The van der Waals surface area contributed by atoms with Crippen LogP contribution in [0.3, 0.4) is 0 Å². The van der Waals surface area contributed by atoms with E-state index in [4.69, 9.17) is 4.74 Å². The van der Waals surface area contributed by atoms with Crippen molar-refractivity contribution in [3.63, 3.8) is 0 Å². The molecule has 0 unspecified atom stereocenters. The summed E-state index contributed by atoms with van der Waals surface area (Å²) in [5, 5.41) is 3.30. The van der Waals surface area contributed by atoms with E-state index >= 15 is 0 Å². The second-order valence-corrected chi connectivity index (χ2v) is 11.7. The van der Waals surface area contributed by atoms with Gasteiger partial charge in [-0.3, -0.25) is 14.6 Å². The minimum atomic E-state index is -0.506. The fourth-order valence-corrected chi connectivity index (χ4v) is 5.60. The highest BCUT2D eigenvalue weighted by Gasteiger charge is 2.46. The molecule has 1 aliphatic heterocycles. The number of carbonyl (C=O) groups excluding carboxylic acids is 2. The first-order valence-corrected chi connectivity index (χ1v) is 14.1. The van der Waals surface area contributed by atoms with Crippen LogP contribution in [-0.2, 0) is 11.2 Å². The average molecular weight is 570 g/mol. The Kier molecular flexibility index (Phi) is 8.19. The number of nitrogens with one attached hydrogen (secondary N) is 2. The van der Waals surface area contributed by atoms with Crippen molar-refractivity contribution in [1.82, 2.24) is 19.8 Å². The number of fused-ring (bicyclic) bond motifs is 1. The third-order valence-corrected chi connectivity index (χ3v) is 7.70. The molecule has 1 saturated heterocycles. The molecule has 5 rings (SSSR count). The number of carbonyl (C=O) groups is 2. The molecule has 42 heavy (non-hydrogen) atoms. The van der Waals surface area contributed by atoms with Crippen LogP contribution in [0, 0.1) is 23.1 Å². The number of methoxy groups -OCH3 is 1. The number of hydrogen-bond donors (Lipinski definition) is 2. The first-order valence-electron chi connectivity index (χ1n) is 14.1. The van der Waals surface area contributed by atoms with Crippen molar-refractivity contribution in [2.45, 2.75) is 39.2 Å². The van der Waals surface area contributed by atoms with Gasteiger partial charge in [0, 0.05) is 54.7 Å². The number of ketones is 1. The normalized spacial score (nSPS) is 17.5. The highest BCUT2D eigenvalue weighted by atomic mass is 19.1. The predicted molar refractivity (Wildman–Crippen MR) is 161 cm³/mol. The van der Waals surface area contributed by atoms with Crippen molar-refractivity contribution in [3.8, 4) is 28.8 Å². The summed E-state index contributed by atoms with van der Waals surface area (Å²) < 4.78 is 19.9. The highest BCUT2D eigenvalue weighted by Crippen LogP contribution is 2.42. The number of hydrogen-bond acceptors (Lipinski definition) is 6. The number of aromatic nitrogens is 2. The lowest BCUT2D eigenvalue weighted by Gasteiger charge is -2.51. The van der Waals surface area contributed by atoms with Gasteiger partial charge in [0.15, 0.2) is 17.3 Å². The van der Waals surface area contributed by atoms with Crippen LogP contribution < -0.4 is 10.1 Å². The molecule has 2 aromatic heterocycles. The number of aromatic amines is 1. The first kappa shape index (κ1) is 29.1. The van der Waals surface area contributed by atoms with Gasteiger partial charge < -0.3 is 24.8 Å². The molecule has 0 spiro atoms. The summed E-state index contributed by atoms with van der Waals surface area (Å²) in [6, 6.07) is 6.21. The summed E-state index contributed by atoms with van der Waals surface area (Å²) in [6.45, 7) is 5.50. The Balaban J connectivity index is 1.54. The lowest BCUT2D eigenvalue weighted by molar-refractivity contribution is -0.140. The molecular formula is C33H36FN5O3. The van der Waals surface area contributed by atoms with Gasteiger partial charge in [-0.15, -0.1) is 0 Å². The number of likely N-dealkylation sites (N-methyl/N-ethyl adjacent to an activating group) is 1. The molecule has 9 heteroatoms. The molecular weight excluding hydrogens is 533 g/mol. The zero-order valence-electron chi connectivity index (χ0n) is 24.7. The maximum Gasteiger partial charge on any atom is 0.247 e. The summed E-state index contributed by atoms with van der Waals surface area (Å²) >= 11 is 0. The van der Waals surface area contributed by atoms with Crippen LogP contribution in [0.15, 0.2) is 48.8 Å². The van der Waals surface area contributed by atoms with Crippen molar-refractivity contribution < 1.29 is 18.7 Å². The van der Waals surface area contributed by atoms with E-state index in [2.05, 4.69) is 41.0 Å². The number of amides is 1. The van der Waals surface area contributed by atoms with E-state index in [0.29, 0.717) is 47.7 Å². The molecule has 0 saturated carbocycles. The minimum absolute atomic E-state index is 0.0194. The molecule has 1 aliphatic carbocycles. The second-order valence-electron chi connectivity index (χ2n) is 11.7. The van der Waals surface area contributed by atoms with E-state index in [1.165, 1.54) is 13.2 Å². The van der Waals surface area contributed by atoms with Gasteiger partial charge in [-0.05, 0) is 45.1 Å². The SMILES string of the molecule is COc1c(F)cccc1Nc1c(-c2ccncc2C#C[C@@H]2N(C(=O)/C=C/CN(C)C)CC2(C)C)[nH]c2c1C(=O)CCC2. The molecule has 1 atom stereocenters. The zero-order chi connectivity index (χ0) is 30.0. The van der Waals surface area contributed by atoms with Gasteiger partial charge >= 0.3 is 0 Å². The number of anilines is 2. The number of H-pyrrole nitrogens is 1. The van der Waals surface area contributed by atoms with Gasteiger partial charge in [0.2, 0.25) is 5.91 Å². The van der Waals surface area contributed by atoms with Crippen LogP contribution in [0.2, 0.25) is 0 Å². The van der Waals surface area contributed by atoms with Crippen molar-refractivity contribution in [1.29, 1.82) is 0 Å². The molecule has 1 fully saturated rings. The molecule has 1 aromatic carbocycles. The monoisotopic (exact) mass is 569 g/mol. The Morgan fingerprint density at radius 3 is 2.86 bits per heavy atom. The van der Waals surface area contributed by atoms with Crippen molar-refractivity contribution in [2.75, 3.05) is 39.6 Å². The number of pyridine rings is 1. The zero-order valence-corrected chi connectivity index (χ0v) is 24.7. The molecule has 0 bridgehead atoms. The average Bonchev–Trinajstić information content (AvgIpc) is 3.31. The fourth-order valence-electron chi connectivity index (χ4n) is 5.60. The van der Waals surface area contributed by atoms with Crippen molar-refractivity contribution in [2.24, 2.45) is 5.41 Å². The summed E-state index contributed by atoms with van der Waals surface area (Å²) in [6.07, 6.45) is 8.73. The number of likely N-dealkylation sites (tertiary alicyclic amines) is 1.